The Bertz CT molecular complexity index is 555. The maximum absolute atomic E-state index is 12.2. The third-order valence-corrected chi connectivity index (χ3v) is 5.97. The van der Waals surface area contributed by atoms with Gasteiger partial charge in [0.25, 0.3) is 0 Å². The minimum absolute atomic E-state index is 0.0397. The molecule has 2 aliphatic rings. The van der Waals surface area contributed by atoms with E-state index in [-0.39, 0.29) is 11.8 Å². The van der Waals surface area contributed by atoms with Crippen LogP contribution in [0.1, 0.15) is 31.2 Å². The molecule has 1 aromatic carbocycles. The molecule has 0 unspecified atom stereocenters. The van der Waals surface area contributed by atoms with Gasteiger partial charge in [-0.1, -0.05) is 30.2 Å². The van der Waals surface area contributed by atoms with Gasteiger partial charge in [0.1, 0.15) is 0 Å². The van der Waals surface area contributed by atoms with Gasteiger partial charge >= 0.3 is 0 Å². The van der Waals surface area contributed by atoms with Gasteiger partial charge in [0.2, 0.25) is 10.0 Å². The highest BCUT2D eigenvalue weighted by molar-refractivity contribution is 7.88. The summed E-state index contributed by atoms with van der Waals surface area (Å²) in [7, 11) is -3.25. The summed E-state index contributed by atoms with van der Waals surface area (Å²) in [6, 6.07) is 7.15. The summed E-state index contributed by atoms with van der Waals surface area (Å²) in [5.41, 5.74) is 0.778. The molecular weight excluding hydrogens is 282 g/mol. The Labute approximate surface area is 119 Å². The fourth-order valence-electron chi connectivity index (χ4n) is 3.46. The van der Waals surface area contributed by atoms with Gasteiger partial charge in [-0.3, -0.25) is 0 Å². The van der Waals surface area contributed by atoms with Crippen LogP contribution >= 0.6 is 11.6 Å². The highest BCUT2D eigenvalue weighted by Crippen LogP contribution is 2.44. The van der Waals surface area contributed by atoms with Crippen molar-refractivity contribution in [2.45, 2.75) is 37.5 Å². The molecule has 0 saturated heterocycles. The summed E-state index contributed by atoms with van der Waals surface area (Å²) in [6.45, 7) is 0. The van der Waals surface area contributed by atoms with Gasteiger partial charge in [-0.2, -0.15) is 0 Å². The van der Waals surface area contributed by atoms with Gasteiger partial charge in [-0.15, -0.1) is 0 Å². The largest absolute Gasteiger partial charge is 0.216 e. The van der Waals surface area contributed by atoms with Crippen LogP contribution in [0.5, 0.6) is 0 Å². The SMILES string of the molecule is O=S(=O)(Cc1ccc(Cl)cc1)N[C@H]1C[C@H]2CC[C@H]1C2. The normalized spacial score (nSPS) is 29.8. The Hall–Kier alpha value is -0.580. The average Bonchev–Trinajstić information content (AvgIpc) is 2.93. The number of rotatable bonds is 4. The molecule has 0 heterocycles. The van der Waals surface area contributed by atoms with Crippen molar-refractivity contribution in [3.05, 3.63) is 34.9 Å². The Kier molecular flexibility index (Phi) is 3.58. The van der Waals surface area contributed by atoms with E-state index in [9.17, 15) is 8.42 Å². The molecule has 2 bridgehead atoms. The van der Waals surface area contributed by atoms with Crippen LogP contribution in [0.4, 0.5) is 0 Å². The van der Waals surface area contributed by atoms with Crippen molar-refractivity contribution in [3.8, 4) is 0 Å². The third kappa shape index (κ3) is 3.12. The zero-order chi connectivity index (χ0) is 13.5. The van der Waals surface area contributed by atoms with Crippen LogP contribution in [-0.4, -0.2) is 14.5 Å². The maximum atomic E-state index is 12.2. The fraction of sp³-hybridized carbons (Fsp3) is 0.571. The monoisotopic (exact) mass is 299 g/mol. The van der Waals surface area contributed by atoms with Gasteiger partial charge in [0, 0.05) is 11.1 Å². The quantitative estimate of drug-likeness (QED) is 0.929. The second-order valence-corrected chi connectivity index (χ2v) is 7.98. The zero-order valence-electron chi connectivity index (χ0n) is 10.7. The highest BCUT2D eigenvalue weighted by Gasteiger charge is 2.40. The molecule has 2 saturated carbocycles. The molecule has 2 aliphatic carbocycles. The second-order valence-electron chi connectivity index (χ2n) is 5.78. The van der Waals surface area contributed by atoms with Crippen LogP contribution in [0.25, 0.3) is 0 Å². The van der Waals surface area contributed by atoms with E-state index in [1.54, 1.807) is 24.3 Å². The van der Waals surface area contributed by atoms with Crippen LogP contribution in [0, 0.1) is 11.8 Å². The van der Waals surface area contributed by atoms with Crippen LogP contribution < -0.4 is 4.72 Å². The molecule has 0 aromatic heterocycles. The summed E-state index contributed by atoms with van der Waals surface area (Å²) >= 11 is 5.80. The Morgan fingerprint density at radius 3 is 2.47 bits per heavy atom. The van der Waals surface area contributed by atoms with Crippen molar-refractivity contribution < 1.29 is 8.42 Å². The van der Waals surface area contributed by atoms with Crippen LogP contribution in [0.15, 0.2) is 24.3 Å². The summed E-state index contributed by atoms with van der Waals surface area (Å²) < 4.78 is 27.2. The Balaban J connectivity index is 1.64. The highest BCUT2D eigenvalue weighted by atomic mass is 35.5. The van der Waals surface area contributed by atoms with Gasteiger partial charge in [0.05, 0.1) is 5.75 Å². The van der Waals surface area contributed by atoms with E-state index in [1.807, 2.05) is 0 Å². The molecule has 1 aromatic rings. The molecular formula is C14H18ClNO2S. The number of fused-ring (bicyclic) bond motifs is 2. The van der Waals surface area contributed by atoms with Crippen molar-refractivity contribution >= 4 is 21.6 Å². The van der Waals surface area contributed by atoms with Crippen LogP contribution in [0.2, 0.25) is 5.02 Å². The predicted octanol–water partition coefficient (Wildman–Crippen LogP) is 2.95. The van der Waals surface area contributed by atoms with E-state index in [2.05, 4.69) is 4.72 Å². The molecule has 0 aliphatic heterocycles. The number of sulfonamides is 1. The second kappa shape index (κ2) is 5.08. The fourth-order valence-corrected chi connectivity index (χ4v) is 5.05. The summed E-state index contributed by atoms with van der Waals surface area (Å²) in [6.07, 6.45) is 4.68. The third-order valence-electron chi connectivity index (χ3n) is 4.34. The molecule has 104 valence electrons. The molecule has 1 N–H and O–H groups in total. The lowest BCUT2D eigenvalue weighted by Gasteiger charge is -2.22. The van der Waals surface area contributed by atoms with Gasteiger partial charge in [-0.05, 0) is 48.8 Å². The van der Waals surface area contributed by atoms with Crippen molar-refractivity contribution in [2.75, 3.05) is 0 Å². The molecule has 0 spiro atoms. The van der Waals surface area contributed by atoms with Crippen molar-refractivity contribution in [3.63, 3.8) is 0 Å². The lowest BCUT2D eigenvalue weighted by molar-refractivity contribution is 0.390. The molecule has 5 heteroatoms. The number of hydrogen-bond donors (Lipinski definition) is 1. The first kappa shape index (κ1) is 13.4. The van der Waals surface area contributed by atoms with E-state index in [1.165, 1.54) is 19.3 Å². The first-order valence-corrected chi connectivity index (χ1v) is 8.79. The van der Waals surface area contributed by atoms with Crippen molar-refractivity contribution in [1.82, 2.24) is 4.72 Å². The Morgan fingerprint density at radius 1 is 1.16 bits per heavy atom. The molecule has 3 rings (SSSR count). The minimum atomic E-state index is -3.25. The first-order valence-electron chi connectivity index (χ1n) is 6.76. The van der Waals surface area contributed by atoms with E-state index in [4.69, 9.17) is 11.6 Å². The predicted molar refractivity (Wildman–Crippen MR) is 76.4 cm³/mol. The summed E-state index contributed by atoms with van der Waals surface area (Å²) in [5, 5.41) is 0.627. The minimum Gasteiger partial charge on any atom is -0.212 e. The molecule has 3 atom stereocenters. The van der Waals surface area contributed by atoms with Crippen molar-refractivity contribution in [2.24, 2.45) is 11.8 Å². The number of halogens is 1. The smallest absolute Gasteiger partial charge is 0.212 e. The lowest BCUT2D eigenvalue weighted by atomic mass is 9.96. The van der Waals surface area contributed by atoms with E-state index >= 15 is 0 Å². The molecule has 19 heavy (non-hydrogen) atoms. The maximum Gasteiger partial charge on any atom is 0.216 e. The summed E-state index contributed by atoms with van der Waals surface area (Å²) in [5.74, 6) is 1.34. The molecule has 0 amide bonds. The molecule has 2 fully saturated rings. The van der Waals surface area contributed by atoms with Crippen LogP contribution in [-0.2, 0) is 15.8 Å². The standard InChI is InChI=1S/C14H18ClNO2S/c15-13-5-2-10(3-6-13)9-19(17,18)16-14-8-11-1-4-12(14)7-11/h2-3,5-6,11-12,14,16H,1,4,7-9H2/t11-,12-,14-/m0/s1. The summed E-state index contributed by atoms with van der Waals surface area (Å²) in [4.78, 5) is 0. The van der Waals surface area contributed by atoms with Gasteiger partial charge in [-0.25, -0.2) is 13.1 Å². The van der Waals surface area contributed by atoms with Gasteiger partial charge < -0.3 is 0 Å². The van der Waals surface area contributed by atoms with E-state index in [0.29, 0.717) is 10.9 Å². The topological polar surface area (TPSA) is 46.2 Å². The Morgan fingerprint density at radius 2 is 1.89 bits per heavy atom. The van der Waals surface area contributed by atoms with Gasteiger partial charge in [0.15, 0.2) is 0 Å². The average molecular weight is 300 g/mol. The number of benzene rings is 1. The van der Waals surface area contributed by atoms with E-state index in [0.717, 1.165) is 17.9 Å². The van der Waals surface area contributed by atoms with Crippen LogP contribution in [0.3, 0.4) is 0 Å². The zero-order valence-corrected chi connectivity index (χ0v) is 12.3. The first-order chi connectivity index (χ1) is 9.02. The number of hydrogen-bond acceptors (Lipinski definition) is 2. The molecule has 3 nitrogen and oxygen atoms in total. The van der Waals surface area contributed by atoms with E-state index < -0.39 is 10.0 Å². The number of nitrogens with one attached hydrogen (secondary N) is 1. The molecule has 0 radical (unpaired) electrons. The lowest BCUT2D eigenvalue weighted by Crippen LogP contribution is -2.39. The van der Waals surface area contributed by atoms with Crippen molar-refractivity contribution in [1.29, 1.82) is 0 Å².